The van der Waals surface area contributed by atoms with Crippen LogP contribution in [0.4, 0.5) is 28.4 Å². The average Bonchev–Trinajstić information content (AvgIpc) is 3.38. The second-order valence-electron chi connectivity index (χ2n) is 11.4. The maximum atomic E-state index is 13.2. The molecule has 0 fully saturated rings. The number of anilines is 1. The number of rotatable bonds is 9. The third-order valence-corrected chi connectivity index (χ3v) is 10.5. The summed E-state index contributed by atoms with van der Waals surface area (Å²) in [6, 6.07) is 14.1. The number of hydrogen-bond acceptors (Lipinski definition) is 19. The number of hydrogen-bond donors (Lipinski definition) is 1. The molecule has 0 amide bonds. The van der Waals surface area contributed by atoms with Crippen LogP contribution >= 0.6 is 0 Å². The fourth-order valence-electron chi connectivity index (χ4n) is 5.24. The summed E-state index contributed by atoms with van der Waals surface area (Å²) in [6.07, 6.45) is 0. The molecule has 0 aliphatic carbocycles. The van der Waals surface area contributed by atoms with Crippen LogP contribution in [0.5, 0.6) is 23.1 Å². The fraction of sp³-hybridized carbons (Fsp3) is 0.0312. The van der Waals surface area contributed by atoms with Gasteiger partial charge in [-0.2, -0.15) is 20.4 Å². The minimum Gasteiger partial charge on any atom is -0.871 e. The summed E-state index contributed by atoms with van der Waals surface area (Å²) in [5.74, 6) is -3.32. The second-order valence-corrected chi connectivity index (χ2v) is 15.5. The Kier molecular flexibility index (Phi) is 12.6. The zero-order valence-corrected chi connectivity index (χ0v) is 32.2. The fourth-order valence-corrected chi connectivity index (χ4v) is 7.12. The van der Waals surface area contributed by atoms with Crippen LogP contribution in [0.3, 0.4) is 0 Å². The first-order valence-corrected chi connectivity index (χ1v) is 19.1. The number of benzene rings is 5. The minimum absolute atomic E-state index is 0. The standard InChI is InChI=1S/C32H25N7O13S3.2Cu/c1-15-30(32(43)39(38-15)18-4-6-19(7-5-18)53(44,45)46)37-35-22-10-3-17(13-25(22)41)16-2-9-21(24(40)12-16)34-36-23-11-8-20-26(54(47,48)49)14-27(55(50,51)52)29(33)28(20)31(23)42;;/h2-14,40-43H,33H2,1H3,(H,44,45,46)(H,47,48,49)(H,50,51,52);;/q;2*+2/p-4. The zero-order valence-electron chi connectivity index (χ0n) is 30.9. The van der Waals surface area contributed by atoms with Gasteiger partial charge in [-0.15, -0.1) is 5.11 Å². The summed E-state index contributed by atoms with van der Waals surface area (Å²) in [5.41, 5.74) is 4.33. The van der Waals surface area contributed by atoms with E-state index in [0.717, 1.165) is 41.1 Å². The SMILES string of the molecule is Cc1nn(-c2ccc(S(=O)(=O)[O-])cc2)c([O-])c1N=Nc1ccc(-c2ccc(N=Nc3ccc4c(S(=O)(=O)[O-])cc(S(=O)(=O)[O-])c(N)c4c3[O-])c([O-])c2)cc1[O-].[Cu+2].[Cu+2].[H+].[H+].[H+]. The molecule has 2 N–H and O–H groups in total. The molecule has 0 aliphatic heterocycles. The number of nitrogens with two attached hydrogens (primary N) is 1. The summed E-state index contributed by atoms with van der Waals surface area (Å²) in [6.45, 7) is 1.45. The van der Waals surface area contributed by atoms with Gasteiger partial charge in [0.25, 0.3) is 0 Å². The van der Waals surface area contributed by atoms with Crippen LogP contribution in [0.25, 0.3) is 27.6 Å². The van der Waals surface area contributed by atoms with Gasteiger partial charge in [0.2, 0.25) is 0 Å². The first-order valence-electron chi connectivity index (χ1n) is 14.9. The van der Waals surface area contributed by atoms with Crippen molar-refractivity contribution in [1.82, 2.24) is 9.78 Å². The molecule has 1 heterocycles. The monoisotopic (exact) mass is 933 g/mol. The molecule has 5 aromatic carbocycles. The summed E-state index contributed by atoms with van der Waals surface area (Å²) < 4.78 is 105. The molecule has 0 spiro atoms. The molecule has 0 atom stereocenters. The van der Waals surface area contributed by atoms with Crippen molar-refractivity contribution >= 4 is 69.6 Å². The molecule has 57 heavy (non-hydrogen) atoms. The van der Waals surface area contributed by atoms with Gasteiger partial charge in [0.15, 0.2) is 0 Å². The number of aryl methyl sites for hydroxylation is 1. The van der Waals surface area contributed by atoms with E-state index in [2.05, 4.69) is 25.6 Å². The Morgan fingerprint density at radius 1 is 0.632 bits per heavy atom. The van der Waals surface area contributed by atoms with Crippen LogP contribution in [-0.2, 0) is 64.5 Å². The van der Waals surface area contributed by atoms with Crippen LogP contribution in [-0.4, -0.2) is 48.7 Å². The van der Waals surface area contributed by atoms with Crippen LogP contribution in [0.15, 0.2) is 114 Å². The number of nitrogen functional groups attached to an aromatic ring is 1. The molecule has 2 radical (unpaired) electrons. The van der Waals surface area contributed by atoms with Gasteiger partial charge in [0.1, 0.15) is 36.0 Å². The minimum atomic E-state index is -5.44. The van der Waals surface area contributed by atoms with E-state index in [-0.39, 0.29) is 84.1 Å². The number of nitrogens with zero attached hydrogens (tertiary/aromatic N) is 6. The first-order chi connectivity index (χ1) is 25.6. The molecule has 302 valence electrons. The van der Waals surface area contributed by atoms with Gasteiger partial charge in [-0.3, -0.25) is 0 Å². The van der Waals surface area contributed by atoms with Gasteiger partial charge in [-0.05, 0) is 66.6 Å². The Balaban J connectivity index is 0.00000360. The number of azo groups is 2. The van der Waals surface area contributed by atoms with Crippen molar-refractivity contribution in [2.45, 2.75) is 21.6 Å². The molecule has 0 aliphatic rings. The van der Waals surface area contributed by atoms with Gasteiger partial charge in [-0.1, -0.05) is 47.6 Å². The van der Waals surface area contributed by atoms with E-state index in [4.69, 9.17) is 5.73 Å². The molecule has 1 aromatic heterocycles. The zero-order chi connectivity index (χ0) is 40.2. The van der Waals surface area contributed by atoms with E-state index < -0.39 is 90.3 Å². The van der Waals surface area contributed by atoms with E-state index in [1.807, 2.05) is 0 Å². The number of fused-ring (bicyclic) bond motifs is 1. The average molecular weight is 935 g/mol. The van der Waals surface area contributed by atoms with Crippen LogP contribution in [0.1, 0.15) is 9.97 Å². The Morgan fingerprint density at radius 3 is 1.61 bits per heavy atom. The Hall–Kier alpha value is -5.46. The van der Waals surface area contributed by atoms with E-state index >= 15 is 0 Å². The van der Waals surface area contributed by atoms with Gasteiger partial charge in [0, 0.05) is 16.7 Å². The van der Waals surface area contributed by atoms with Crippen molar-refractivity contribution in [3.63, 3.8) is 0 Å². The van der Waals surface area contributed by atoms with Crippen molar-refractivity contribution in [2.75, 3.05) is 5.73 Å². The van der Waals surface area contributed by atoms with Gasteiger partial charge < -0.3 is 39.8 Å². The third kappa shape index (κ3) is 8.92. The second kappa shape index (κ2) is 16.2. The molecule has 0 bridgehead atoms. The van der Waals surface area contributed by atoms with Gasteiger partial charge in [-0.25, -0.2) is 29.9 Å². The molecular weight excluding hydrogens is 914 g/mol. The summed E-state index contributed by atoms with van der Waals surface area (Å²) in [5, 5.41) is 69.8. The molecule has 0 saturated carbocycles. The topological polar surface area (TPSA) is 357 Å². The molecule has 0 saturated heterocycles. The van der Waals surface area contributed by atoms with E-state index in [0.29, 0.717) is 0 Å². The van der Waals surface area contributed by atoms with Crippen molar-refractivity contribution in [3.05, 3.63) is 84.6 Å². The maximum Gasteiger partial charge on any atom is 2.00 e. The van der Waals surface area contributed by atoms with Crippen LogP contribution in [0, 0.1) is 6.92 Å². The number of aromatic nitrogens is 2. The summed E-state index contributed by atoms with van der Waals surface area (Å²) in [7, 11) is -15.5. The molecule has 25 heteroatoms. The summed E-state index contributed by atoms with van der Waals surface area (Å²) >= 11 is 0. The summed E-state index contributed by atoms with van der Waals surface area (Å²) in [4.78, 5) is -2.98. The molecule has 6 rings (SSSR count). The largest absolute Gasteiger partial charge is 2.00 e. The Labute approximate surface area is 347 Å². The van der Waals surface area contributed by atoms with E-state index in [1.54, 1.807) is 0 Å². The third-order valence-electron chi connectivity index (χ3n) is 7.87. The van der Waals surface area contributed by atoms with Gasteiger partial charge in [0.05, 0.1) is 48.8 Å². The van der Waals surface area contributed by atoms with Crippen LogP contribution < -0.4 is 26.2 Å². The van der Waals surface area contributed by atoms with Crippen molar-refractivity contribution < 1.29 is 97.8 Å². The predicted molar refractivity (Wildman–Crippen MR) is 182 cm³/mol. The quantitative estimate of drug-likeness (QED) is 0.0942. The predicted octanol–water partition coefficient (Wildman–Crippen LogP) is 2.75. The maximum absolute atomic E-state index is 13.2. The van der Waals surface area contributed by atoms with Crippen molar-refractivity contribution in [3.8, 4) is 39.9 Å². The Morgan fingerprint density at radius 2 is 1.12 bits per heavy atom. The molecular formula is C32H21Cu2N7O13S3. The smallest absolute Gasteiger partial charge is 0.871 e. The van der Waals surface area contributed by atoms with Gasteiger partial charge >= 0.3 is 38.4 Å². The van der Waals surface area contributed by atoms with Crippen LogP contribution in [0.2, 0.25) is 0 Å². The Bertz CT molecular complexity index is 3000. The van der Waals surface area contributed by atoms with E-state index in [1.165, 1.54) is 43.3 Å². The van der Waals surface area contributed by atoms with Crippen molar-refractivity contribution in [2.24, 2.45) is 20.5 Å². The molecule has 20 nitrogen and oxygen atoms in total. The normalized spacial score (nSPS) is 12.2. The first kappa shape index (κ1) is 44.3. The van der Waals surface area contributed by atoms with Crippen molar-refractivity contribution in [1.29, 1.82) is 0 Å². The molecule has 0 unspecified atom stereocenters. The van der Waals surface area contributed by atoms with E-state index in [9.17, 15) is 59.3 Å². The molecule has 6 aromatic rings.